The van der Waals surface area contributed by atoms with Gasteiger partial charge in [0.25, 0.3) is 5.78 Å². The quantitative estimate of drug-likeness (QED) is 0.743. The average molecular weight is 205 g/mol. The van der Waals surface area contributed by atoms with E-state index in [0.29, 0.717) is 5.82 Å². The number of nitrogens with zero attached hydrogens (tertiary/aromatic N) is 4. The molecule has 0 aromatic carbocycles. The summed E-state index contributed by atoms with van der Waals surface area (Å²) >= 11 is 0. The summed E-state index contributed by atoms with van der Waals surface area (Å²) in [5, 5.41) is 6.17. The number of H-pyrrole nitrogens is 1. The standard InChI is InChI=1S/C9H11N5O/c1-2-4-14-5-3-10-9(14)7(15)8-11-6-12-13-8/h3,5-6H,2,4H2,1H3,(H,11,12,13). The molecule has 0 bridgehead atoms. The van der Waals surface area contributed by atoms with Crippen LogP contribution in [-0.4, -0.2) is 30.5 Å². The molecule has 0 unspecified atom stereocenters. The van der Waals surface area contributed by atoms with Gasteiger partial charge < -0.3 is 4.57 Å². The smallest absolute Gasteiger partial charge is 0.265 e. The Bertz CT molecular complexity index is 445. The fourth-order valence-electron chi connectivity index (χ4n) is 1.36. The van der Waals surface area contributed by atoms with E-state index >= 15 is 0 Å². The van der Waals surface area contributed by atoms with Crippen molar-refractivity contribution in [2.45, 2.75) is 19.9 Å². The number of hydrogen-bond acceptors (Lipinski definition) is 4. The molecule has 0 spiro atoms. The Labute approximate surface area is 86.4 Å². The molecule has 6 heteroatoms. The summed E-state index contributed by atoms with van der Waals surface area (Å²) in [6.45, 7) is 2.82. The Morgan fingerprint density at radius 1 is 1.53 bits per heavy atom. The molecular weight excluding hydrogens is 194 g/mol. The summed E-state index contributed by atoms with van der Waals surface area (Å²) in [4.78, 5) is 19.7. The number of carbonyl (C=O) groups excluding carboxylic acids is 1. The highest BCUT2D eigenvalue weighted by Crippen LogP contribution is 2.04. The van der Waals surface area contributed by atoms with Crippen LogP contribution in [0.3, 0.4) is 0 Å². The van der Waals surface area contributed by atoms with Crippen LogP contribution >= 0.6 is 0 Å². The molecule has 0 fully saturated rings. The van der Waals surface area contributed by atoms with E-state index in [4.69, 9.17) is 0 Å². The second-order valence-corrected chi connectivity index (χ2v) is 3.11. The molecule has 2 rings (SSSR count). The number of aryl methyl sites for hydroxylation is 1. The van der Waals surface area contributed by atoms with Crippen LogP contribution in [0.2, 0.25) is 0 Å². The molecule has 0 amide bonds. The van der Waals surface area contributed by atoms with Gasteiger partial charge in [-0.1, -0.05) is 6.92 Å². The first-order chi connectivity index (χ1) is 7.33. The minimum atomic E-state index is -0.231. The zero-order valence-electron chi connectivity index (χ0n) is 8.34. The lowest BCUT2D eigenvalue weighted by Crippen LogP contribution is -2.12. The van der Waals surface area contributed by atoms with Gasteiger partial charge in [-0.15, -0.1) is 0 Å². The number of nitrogens with one attached hydrogen (secondary N) is 1. The lowest BCUT2D eigenvalue weighted by atomic mass is 10.3. The molecule has 2 aromatic heterocycles. The van der Waals surface area contributed by atoms with Crippen LogP contribution in [0.5, 0.6) is 0 Å². The number of ketones is 1. The highest BCUT2D eigenvalue weighted by atomic mass is 16.1. The molecule has 78 valence electrons. The van der Waals surface area contributed by atoms with Crippen molar-refractivity contribution >= 4 is 5.78 Å². The number of hydrogen-bond donors (Lipinski definition) is 1. The van der Waals surface area contributed by atoms with Gasteiger partial charge in [0.05, 0.1) is 0 Å². The summed E-state index contributed by atoms with van der Waals surface area (Å²) < 4.78 is 1.81. The Balaban J connectivity index is 2.29. The van der Waals surface area contributed by atoms with Crippen molar-refractivity contribution in [3.05, 3.63) is 30.4 Å². The molecule has 0 atom stereocenters. The Hall–Kier alpha value is -1.98. The fraction of sp³-hybridized carbons (Fsp3) is 0.333. The summed E-state index contributed by atoms with van der Waals surface area (Å²) in [7, 11) is 0. The van der Waals surface area contributed by atoms with Gasteiger partial charge in [0.1, 0.15) is 6.33 Å². The third kappa shape index (κ3) is 1.78. The first kappa shape index (κ1) is 9.57. The first-order valence-corrected chi connectivity index (χ1v) is 4.74. The van der Waals surface area contributed by atoms with Crippen molar-refractivity contribution in [2.75, 3.05) is 0 Å². The molecule has 1 N–H and O–H groups in total. The third-order valence-electron chi connectivity index (χ3n) is 2.01. The minimum Gasteiger partial charge on any atom is -0.328 e. The number of aromatic amines is 1. The van der Waals surface area contributed by atoms with E-state index < -0.39 is 0 Å². The highest BCUT2D eigenvalue weighted by molar-refractivity contribution is 6.03. The lowest BCUT2D eigenvalue weighted by molar-refractivity contribution is 0.101. The maximum atomic E-state index is 11.8. The van der Waals surface area contributed by atoms with Crippen molar-refractivity contribution in [1.82, 2.24) is 24.7 Å². The van der Waals surface area contributed by atoms with E-state index in [0.717, 1.165) is 13.0 Å². The largest absolute Gasteiger partial charge is 0.328 e. The van der Waals surface area contributed by atoms with Gasteiger partial charge in [0.15, 0.2) is 11.6 Å². The van der Waals surface area contributed by atoms with Crippen LogP contribution in [-0.2, 0) is 6.54 Å². The maximum Gasteiger partial charge on any atom is 0.265 e. The van der Waals surface area contributed by atoms with Gasteiger partial charge in [-0.25, -0.2) is 9.97 Å². The number of carbonyl (C=O) groups is 1. The molecule has 0 aliphatic heterocycles. The van der Waals surface area contributed by atoms with E-state index in [1.165, 1.54) is 6.33 Å². The van der Waals surface area contributed by atoms with Crippen LogP contribution in [0.25, 0.3) is 0 Å². The maximum absolute atomic E-state index is 11.8. The van der Waals surface area contributed by atoms with Crippen LogP contribution in [0, 0.1) is 0 Å². The van der Waals surface area contributed by atoms with Gasteiger partial charge in [-0.05, 0) is 6.42 Å². The molecule has 2 aromatic rings. The molecule has 0 aliphatic carbocycles. The second-order valence-electron chi connectivity index (χ2n) is 3.11. The number of imidazole rings is 1. The molecule has 15 heavy (non-hydrogen) atoms. The Morgan fingerprint density at radius 3 is 3.07 bits per heavy atom. The monoisotopic (exact) mass is 205 g/mol. The third-order valence-corrected chi connectivity index (χ3v) is 2.01. The molecule has 2 heterocycles. The molecule has 0 saturated carbocycles. The molecule has 6 nitrogen and oxygen atoms in total. The van der Waals surface area contributed by atoms with Crippen molar-refractivity contribution in [2.24, 2.45) is 0 Å². The van der Waals surface area contributed by atoms with Gasteiger partial charge in [0.2, 0.25) is 0 Å². The topological polar surface area (TPSA) is 76.5 Å². The normalized spacial score (nSPS) is 10.5. The lowest BCUT2D eigenvalue weighted by Gasteiger charge is -2.02. The van der Waals surface area contributed by atoms with E-state index in [1.807, 2.05) is 11.5 Å². The highest BCUT2D eigenvalue weighted by Gasteiger charge is 2.16. The predicted octanol–water partition coefficient (Wildman–Crippen LogP) is 0.642. The summed E-state index contributed by atoms with van der Waals surface area (Å²) in [6.07, 6.45) is 5.65. The van der Waals surface area contributed by atoms with Crippen LogP contribution in [0.15, 0.2) is 18.7 Å². The van der Waals surface area contributed by atoms with Gasteiger partial charge in [-0.2, -0.15) is 5.10 Å². The van der Waals surface area contributed by atoms with Gasteiger partial charge in [-0.3, -0.25) is 9.89 Å². The predicted molar refractivity (Wildman–Crippen MR) is 52.3 cm³/mol. The van der Waals surface area contributed by atoms with E-state index in [2.05, 4.69) is 20.2 Å². The SMILES string of the molecule is CCCn1ccnc1C(=O)c1ncn[nH]1. The zero-order valence-corrected chi connectivity index (χ0v) is 8.34. The fourth-order valence-corrected chi connectivity index (χ4v) is 1.36. The van der Waals surface area contributed by atoms with E-state index in [1.54, 1.807) is 12.4 Å². The van der Waals surface area contributed by atoms with Crippen molar-refractivity contribution in [3.8, 4) is 0 Å². The van der Waals surface area contributed by atoms with Crippen LogP contribution in [0.1, 0.15) is 29.8 Å². The molecule has 0 aliphatic rings. The van der Waals surface area contributed by atoms with Crippen molar-refractivity contribution in [3.63, 3.8) is 0 Å². The Morgan fingerprint density at radius 2 is 2.40 bits per heavy atom. The van der Waals surface area contributed by atoms with Crippen molar-refractivity contribution in [1.29, 1.82) is 0 Å². The number of rotatable bonds is 4. The first-order valence-electron chi connectivity index (χ1n) is 4.74. The molecule has 0 saturated heterocycles. The van der Waals surface area contributed by atoms with Gasteiger partial charge in [0, 0.05) is 18.9 Å². The summed E-state index contributed by atoms with van der Waals surface area (Å²) in [5.74, 6) is 0.387. The molecular formula is C9H11N5O. The zero-order chi connectivity index (χ0) is 10.7. The summed E-state index contributed by atoms with van der Waals surface area (Å²) in [6, 6.07) is 0. The van der Waals surface area contributed by atoms with Crippen LogP contribution in [0.4, 0.5) is 0 Å². The summed E-state index contributed by atoms with van der Waals surface area (Å²) in [5.41, 5.74) is 0. The Kier molecular flexibility index (Phi) is 2.57. The van der Waals surface area contributed by atoms with Crippen molar-refractivity contribution < 1.29 is 4.79 Å². The van der Waals surface area contributed by atoms with E-state index in [-0.39, 0.29) is 11.6 Å². The average Bonchev–Trinajstić information content (AvgIpc) is 2.87. The molecule has 0 radical (unpaired) electrons. The number of aromatic nitrogens is 5. The minimum absolute atomic E-state index is 0.221. The van der Waals surface area contributed by atoms with E-state index in [9.17, 15) is 4.79 Å². The van der Waals surface area contributed by atoms with Crippen LogP contribution < -0.4 is 0 Å². The second kappa shape index (κ2) is 4.04. The van der Waals surface area contributed by atoms with Gasteiger partial charge >= 0.3 is 0 Å².